The summed E-state index contributed by atoms with van der Waals surface area (Å²) in [6.07, 6.45) is 2.08. The molecular weight excluding hydrogens is 246 g/mol. The van der Waals surface area contributed by atoms with Crippen LogP contribution in [0.4, 0.5) is 0 Å². The lowest BCUT2D eigenvalue weighted by Gasteiger charge is -2.16. The van der Waals surface area contributed by atoms with Gasteiger partial charge in [-0.05, 0) is 6.08 Å². The summed E-state index contributed by atoms with van der Waals surface area (Å²) in [5.41, 5.74) is -0.570. The molecule has 0 aromatic heterocycles. The molecule has 18 heavy (non-hydrogen) atoms. The number of allylic oxidation sites excluding steroid dienone is 1. The van der Waals surface area contributed by atoms with Crippen LogP contribution in [0.15, 0.2) is 23.9 Å². The summed E-state index contributed by atoms with van der Waals surface area (Å²) >= 11 is 0. The number of nitrogens with one attached hydrogen (secondary N) is 1. The number of hydrogen-bond donors (Lipinski definition) is 3. The molecule has 1 atom stereocenters. The van der Waals surface area contributed by atoms with Crippen molar-refractivity contribution in [3.05, 3.63) is 23.9 Å². The van der Waals surface area contributed by atoms with E-state index in [2.05, 4.69) is 0 Å². The normalized spacial score (nSPS) is 19.3. The molecule has 94 valence electrons. The maximum Gasteiger partial charge on any atom is 0.376 e. The van der Waals surface area contributed by atoms with Crippen LogP contribution in [-0.2, 0) is 24.0 Å². The van der Waals surface area contributed by atoms with Crippen LogP contribution in [0.5, 0.6) is 0 Å². The fraction of sp³-hybridized carbons (Fsp3) is 0.100. The van der Waals surface area contributed by atoms with Gasteiger partial charge >= 0.3 is 11.9 Å². The van der Waals surface area contributed by atoms with Crippen LogP contribution in [0.2, 0.25) is 0 Å². The molecule has 3 N–H and O–H groups in total. The Morgan fingerprint density at radius 1 is 1.22 bits per heavy atom. The standard InChI is InChI=1S/C10H7NO7/c12-6(10(17)18)2-1-4-7(13)3-5(9(15)16)11-8(4)14/h1-4H,(H,11,14)(H,15,16)(H,17,18). The van der Waals surface area contributed by atoms with Crippen LogP contribution in [-0.4, -0.2) is 39.6 Å². The molecule has 0 aliphatic carbocycles. The predicted octanol–water partition coefficient (Wildman–Crippen LogP) is -1.52. The number of carboxylic acid groups (broad SMARTS) is 2. The third-order valence-electron chi connectivity index (χ3n) is 2.01. The largest absolute Gasteiger partial charge is 0.477 e. The van der Waals surface area contributed by atoms with E-state index >= 15 is 0 Å². The van der Waals surface area contributed by atoms with Crippen LogP contribution >= 0.6 is 0 Å². The molecule has 0 saturated heterocycles. The number of rotatable bonds is 4. The van der Waals surface area contributed by atoms with Crippen molar-refractivity contribution >= 4 is 29.4 Å². The first-order valence-corrected chi connectivity index (χ1v) is 4.58. The molecule has 1 aliphatic rings. The van der Waals surface area contributed by atoms with Gasteiger partial charge in [0.25, 0.3) is 5.78 Å². The maximum absolute atomic E-state index is 11.4. The van der Waals surface area contributed by atoms with Gasteiger partial charge in [0.1, 0.15) is 11.6 Å². The Morgan fingerprint density at radius 3 is 2.28 bits per heavy atom. The predicted molar refractivity (Wildman–Crippen MR) is 54.1 cm³/mol. The highest BCUT2D eigenvalue weighted by molar-refractivity contribution is 6.37. The number of carbonyl (C=O) groups is 5. The lowest BCUT2D eigenvalue weighted by atomic mass is 9.97. The topological polar surface area (TPSA) is 138 Å². The highest BCUT2D eigenvalue weighted by Gasteiger charge is 2.30. The van der Waals surface area contributed by atoms with Crippen LogP contribution in [0.1, 0.15) is 0 Å². The van der Waals surface area contributed by atoms with Gasteiger partial charge in [-0.1, -0.05) is 6.08 Å². The molecule has 0 radical (unpaired) electrons. The minimum atomic E-state index is -1.73. The van der Waals surface area contributed by atoms with Gasteiger partial charge in [-0.2, -0.15) is 0 Å². The number of carbonyl (C=O) groups excluding carboxylic acids is 3. The third-order valence-corrected chi connectivity index (χ3v) is 2.01. The Balaban J connectivity index is 2.90. The summed E-state index contributed by atoms with van der Waals surface area (Å²) in [5, 5.41) is 18.8. The molecule has 0 spiro atoms. The van der Waals surface area contributed by atoms with Crippen molar-refractivity contribution in [2.24, 2.45) is 5.92 Å². The van der Waals surface area contributed by atoms with E-state index < -0.39 is 41.0 Å². The highest BCUT2D eigenvalue weighted by atomic mass is 16.4. The number of carboxylic acids is 2. The van der Waals surface area contributed by atoms with Gasteiger partial charge in [0.05, 0.1) is 0 Å². The SMILES string of the molecule is O=C(O)C(=O)C=CC1C(=O)C=C(C(=O)O)NC1=O. The van der Waals surface area contributed by atoms with Gasteiger partial charge in [0.15, 0.2) is 5.78 Å². The van der Waals surface area contributed by atoms with Crippen molar-refractivity contribution in [3.8, 4) is 0 Å². The van der Waals surface area contributed by atoms with E-state index in [1.165, 1.54) is 0 Å². The number of amides is 1. The number of aliphatic carboxylic acids is 2. The zero-order chi connectivity index (χ0) is 13.9. The van der Waals surface area contributed by atoms with Gasteiger partial charge in [-0.3, -0.25) is 14.4 Å². The average Bonchev–Trinajstić information content (AvgIpc) is 2.26. The van der Waals surface area contributed by atoms with Crippen molar-refractivity contribution in [2.75, 3.05) is 0 Å². The molecule has 0 aromatic rings. The Kier molecular flexibility index (Phi) is 3.72. The maximum atomic E-state index is 11.4. The summed E-state index contributed by atoms with van der Waals surface area (Å²) in [6, 6.07) is 0. The van der Waals surface area contributed by atoms with Gasteiger partial charge < -0.3 is 15.5 Å². The second-order valence-electron chi connectivity index (χ2n) is 3.26. The molecule has 0 saturated carbocycles. The van der Waals surface area contributed by atoms with Crippen molar-refractivity contribution in [1.82, 2.24) is 5.32 Å². The Labute approximate surface area is 99.6 Å². The molecule has 1 amide bonds. The van der Waals surface area contributed by atoms with Crippen LogP contribution in [0.25, 0.3) is 0 Å². The smallest absolute Gasteiger partial charge is 0.376 e. The van der Waals surface area contributed by atoms with Gasteiger partial charge in [0, 0.05) is 6.08 Å². The summed E-state index contributed by atoms with van der Waals surface area (Å²) < 4.78 is 0. The first-order valence-electron chi connectivity index (χ1n) is 4.58. The molecule has 0 bridgehead atoms. The summed E-state index contributed by atoms with van der Waals surface area (Å²) in [4.78, 5) is 54.2. The molecule has 1 unspecified atom stereocenters. The number of ketones is 2. The van der Waals surface area contributed by atoms with E-state index in [0.29, 0.717) is 12.2 Å². The zero-order valence-electron chi connectivity index (χ0n) is 8.75. The van der Waals surface area contributed by atoms with Gasteiger partial charge in [-0.15, -0.1) is 0 Å². The summed E-state index contributed by atoms with van der Waals surface area (Å²) in [6.45, 7) is 0. The van der Waals surface area contributed by atoms with E-state index in [0.717, 1.165) is 6.08 Å². The summed E-state index contributed by atoms with van der Waals surface area (Å²) in [7, 11) is 0. The molecule has 8 nitrogen and oxygen atoms in total. The zero-order valence-corrected chi connectivity index (χ0v) is 8.75. The molecule has 0 fully saturated rings. The van der Waals surface area contributed by atoms with E-state index in [9.17, 15) is 24.0 Å². The van der Waals surface area contributed by atoms with Crippen LogP contribution in [0.3, 0.4) is 0 Å². The van der Waals surface area contributed by atoms with Gasteiger partial charge in [0.2, 0.25) is 5.91 Å². The third kappa shape index (κ3) is 2.88. The van der Waals surface area contributed by atoms with Crippen LogP contribution in [0, 0.1) is 5.92 Å². The second kappa shape index (κ2) is 5.04. The Hall–Kier alpha value is -2.77. The van der Waals surface area contributed by atoms with Gasteiger partial charge in [-0.25, -0.2) is 9.59 Å². The van der Waals surface area contributed by atoms with Crippen molar-refractivity contribution in [2.45, 2.75) is 0 Å². The minimum absolute atomic E-state index is 0.570. The fourth-order valence-electron chi connectivity index (χ4n) is 1.16. The lowest BCUT2D eigenvalue weighted by Crippen LogP contribution is -2.40. The van der Waals surface area contributed by atoms with E-state index in [-0.39, 0.29) is 0 Å². The first-order chi connectivity index (χ1) is 8.32. The average molecular weight is 253 g/mol. The molecule has 1 aliphatic heterocycles. The Morgan fingerprint density at radius 2 is 1.83 bits per heavy atom. The van der Waals surface area contributed by atoms with E-state index in [1.807, 2.05) is 5.32 Å². The second-order valence-corrected chi connectivity index (χ2v) is 3.26. The first kappa shape index (κ1) is 13.3. The number of hydrogen-bond acceptors (Lipinski definition) is 5. The van der Waals surface area contributed by atoms with E-state index in [4.69, 9.17) is 10.2 Å². The molecule has 8 heteroatoms. The lowest BCUT2D eigenvalue weighted by molar-refractivity contribution is -0.146. The minimum Gasteiger partial charge on any atom is -0.477 e. The monoisotopic (exact) mass is 253 g/mol. The quantitative estimate of drug-likeness (QED) is 0.314. The summed E-state index contributed by atoms with van der Waals surface area (Å²) in [5.74, 6) is -7.67. The Bertz CT molecular complexity index is 514. The van der Waals surface area contributed by atoms with Crippen molar-refractivity contribution < 1.29 is 34.2 Å². The molecule has 1 heterocycles. The van der Waals surface area contributed by atoms with Crippen molar-refractivity contribution in [3.63, 3.8) is 0 Å². The fourth-order valence-corrected chi connectivity index (χ4v) is 1.16. The highest BCUT2D eigenvalue weighted by Crippen LogP contribution is 2.11. The molecule has 1 rings (SSSR count). The molecular formula is C10H7NO7. The van der Waals surface area contributed by atoms with E-state index in [1.54, 1.807) is 0 Å². The van der Waals surface area contributed by atoms with Crippen LogP contribution < -0.4 is 5.32 Å². The van der Waals surface area contributed by atoms with Crippen molar-refractivity contribution in [1.29, 1.82) is 0 Å². The molecule has 0 aromatic carbocycles.